The van der Waals surface area contributed by atoms with E-state index in [1.165, 1.54) is 16.9 Å². The normalized spacial score (nSPS) is 11.1. The largest absolute Gasteiger partial charge is 0.234 e. The van der Waals surface area contributed by atoms with Crippen LogP contribution in [0.3, 0.4) is 0 Å². The molecular formula is C10H7BrN4S. The van der Waals surface area contributed by atoms with Gasteiger partial charge >= 0.3 is 0 Å². The monoisotopic (exact) mass is 294 g/mol. The van der Waals surface area contributed by atoms with Gasteiger partial charge in [-0.3, -0.25) is 0 Å². The highest BCUT2D eigenvalue weighted by Crippen LogP contribution is 2.28. The van der Waals surface area contributed by atoms with Crippen LogP contribution in [0.4, 0.5) is 0 Å². The van der Waals surface area contributed by atoms with Crippen molar-refractivity contribution in [2.75, 3.05) is 0 Å². The maximum atomic E-state index is 4.40. The molecular weight excluding hydrogens is 288 g/mol. The third-order valence-electron chi connectivity index (χ3n) is 2.31. The fourth-order valence-electron chi connectivity index (χ4n) is 1.40. The molecule has 3 rings (SSSR count). The van der Waals surface area contributed by atoms with Crippen molar-refractivity contribution in [3.8, 4) is 10.6 Å². The van der Waals surface area contributed by atoms with E-state index < -0.39 is 0 Å². The van der Waals surface area contributed by atoms with E-state index in [2.05, 4.69) is 56.3 Å². The molecule has 0 aliphatic rings. The first kappa shape index (κ1) is 9.92. The summed E-state index contributed by atoms with van der Waals surface area (Å²) in [4.78, 5) is 0.812. The van der Waals surface area contributed by atoms with Crippen molar-refractivity contribution in [1.82, 2.24) is 19.8 Å². The van der Waals surface area contributed by atoms with E-state index in [1.54, 1.807) is 10.8 Å². The Balaban J connectivity index is 2.15. The lowest BCUT2D eigenvalue weighted by Gasteiger charge is -1.99. The van der Waals surface area contributed by atoms with Crippen LogP contribution in [0.25, 0.3) is 15.5 Å². The minimum Gasteiger partial charge on any atom is -0.190 e. The van der Waals surface area contributed by atoms with Crippen molar-refractivity contribution >= 4 is 32.2 Å². The van der Waals surface area contributed by atoms with Gasteiger partial charge in [0.2, 0.25) is 4.96 Å². The van der Waals surface area contributed by atoms with E-state index in [9.17, 15) is 0 Å². The number of hydrogen-bond donors (Lipinski definition) is 0. The second kappa shape index (κ2) is 3.64. The van der Waals surface area contributed by atoms with Gasteiger partial charge in [0.1, 0.15) is 11.3 Å². The Bertz CT molecular complexity index is 629. The molecule has 0 amide bonds. The van der Waals surface area contributed by atoms with Crippen molar-refractivity contribution in [1.29, 1.82) is 0 Å². The molecule has 0 unspecified atom stereocenters. The first-order valence-corrected chi connectivity index (χ1v) is 6.28. The van der Waals surface area contributed by atoms with Crippen LogP contribution in [-0.2, 0) is 0 Å². The quantitative estimate of drug-likeness (QED) is 0.693. The van der Waals surface area contributed by atoms with Crippen LogP contribution in [0.2, 0.25) is 0 Å². The van der Waals surface area contributed by atoms with Crippen LogP contribution in [0, 0.1) is 6.92 Å². The number of aryl methyl sites for hydroxylation is 1. The van der Waals surface area contributed by atoms with Crippen molar-refractivity contribution in [3.63, 3.8) is 0 Å². The second-order valence-corrected chi connectivity index (χ2v) is 5.24. The maximum Gasteiger partial charge on any atom is 0.234 e. The Morgan fingerprint density at radius 1 is 1.38 bits per heavy atom. The van der Waals surface area contributed by atoms with E-state index in [0.717, 1.165) is 20.0 Å². The van der Waals surface area contributed by atoms with E-state index in [0.29, 0.717) is 0 Å². The number of aromatic nitrogens is 4. The fraction of sp³-hybridized carbons (Fsp3) is 0.100. The minimum atomic E-state index is 0.812. The van der Waals surface area contributed by atoms with Crippen molar-refractivity contribution in [3.05, 3.63) is 34.6 Å². The summed E-state index contributed by atoms with van der Waals surface area (Å²) < 4.78 is 2.78. The molecule has 16 heavy (non-hydrogen) atoms. The average Bonchev–Trinajstić information content (AvgIpc) is 2.81. The molecule has 80 valence electrons. The highest BCUT2D eigenvalue weighted by atomic mass is 79.9. The van der Waals surface area contributed by atoms with E-state index in [4.69, 9.17) is 0 Å². The summed E-state index contributed by atoms with van der Waals surface area (Å²) in [6, 6.07) is 6.20. The number of halogens is 1. The summed E-state index contributed by atoms with van der Waals surface area (Å²) in [5.41, 5.74) is 2.31. The molecule has 3 aromatic rings. The Kier molecular flexibility index (Phi) is 2.26. The van der Waals surface area contributed by atoms with E-state index in [-0.39, 0.29) is 0 Å². The lowest BCUT2D eigenvalue weighted by molar-refractivity contribution is 0.959. The molecule has 0 radical (unpaired) electrons. The molecule has 1 aromatic carbocycles. The molecule has 0 saturated carbocycles. The zero-order chi connectivity index (χ0) is 11.1. The van der Waals surface area contributed by atoms with Gasteiger partial charge in [-0.25, -0.2) is 0 Å². The fourth-order valence-corrected chi connectivity index (χ4v) is 2.60. The second-order valence-electron chi connectivity index (χ2n) is 3.43. The molecule has 6 heteroatoms. The Labute approximate surface area is 104 Å². The van der Waals surface area contributed by atoms with Gasteiger partial charge in [-0.1, -0.05) is 39.4 Å². The SMILES string of the molecule is Cc1ccc(-c2nn3cnnc3s2)cc1Br. The van der Waals surface area contributed by atoms with Crippen LogP contribution in [0.5, 0.6) is 0 Å². The first-order valence-electron chi connectivity index (χ1n) is 4.67. The lowest BCUT2D eigenvalue weighted by atomic mass is 10.2. The minimum absolute atomic E-state index is 0.812. The average molecular weight is 295 g/mol. The van der Waals surface area contributed by atoms with Crippen molar-refractivity contribution < 1.29 is 0 Å². The third kappa shape index (κ3) is 1.54. The summed E-state index contributed by atoms with van der Waals surface area (Å²) in [6.45, 7) is 2.06. The van der Waals surface area contributed by atoms with Crippen LogP contribution >= 0.6 is 27.3 Å². The van der Waals surface area contributed by atoms with E-state index in [1.807, 2.05) is 0 Å². The highest BCUT2D eigenvalue weighted by molar-refractivity contribution is 9.10. The predicted octanol–water partition coefficient (Wildman–Crippen LogP) is 2.92. The summed E-state index contributed by atoms with van der Waals surface area (Å²) in [6.07, 6.45) is 1.61. The molecule has 0 N–H and O–H groups in total. The highest BCUT2D eigenvalue weighted by Gasteiger charge is 2.08. The molecule has 0 spiro atoms. The maximum absolute atomic E-state index is 4.40. The van der Waals surface area contributed by atoms with Gasteiger partial charge < -0.3 is 0 Å². The topological polar surface area (TPSA) is 43.1 Å². The first-order chi connectivity index (χ1) is 7.74. The standard InChI is InChI=1S/C10H7BrN4S/c1-6-2-3-7(4-8(6)11)9-14-15-5-12-13-10(15)16-9/h2-5H,1H3. The molecule has 4 nitrogen and oxygen atoms in total. The Hall–Kier alpha value is -1.27. The number of benzene rings is 1. The smallest absolute Gasteiger partial charge is 0.190 e. The number of fused-ring (bicyclic) bond motifs is 1. The van der Waals surface area contributed by atoms with Crippen LogP contribution in [0.1, 0.15) is 5.56 Å². The van der Waals surface area contributed by atoms with E-state index >= 15 is 0 Å². The summed E-state index contributed by atoms with van der Waals surface area (Å²) in [7, 11) is 0. The molecule has 0 fully saturated rings. The van der Waals surface area contributed by atoms with Crippen LogP contribution in [0.15, 0.2) is 29.0 Å². The summed E-state index contributed by atoms with van der Waals surface area (Å²) in [5.74, 6) is 0. The molecule has 0 aliphatic heterocycles. The number of rotatable bonds is 1. The van der Waals surface area contributed by atoms with Gasteiger partial charge in [-0.2, -0.15) is 9.61 Å². The number of nitrogens with zero attached hydrogens (tertiary/aromatic N) is 4. The van der Waals surface area contributed by atoms with Gasteiger partial charge in [0.05, 0.1) is 0 Å². The molecule has 0 atom stereocenters. The van der Waals surface area contributed by atoms with Gasteiger partial charge in [-0.15, -0.1) is 10.2 Å². The van der Waals surface area contributed by atoms with Gasteiger partial charge in [0.15, 0.2) is 0 Å². The van der Waals surface area contributed by atoms with Gasteiger partial charge in [0.25, 0.3) is 0 Å². The molecule has 0 aliphatic carbocycles. The zero-order valence-electron chi connectivity index (χ0n) is 8.38. The summed E-state index contributed by atoms with van der Waals surface area (Å²) in [5, 5.41) is 13.1. The number of hydrogen-bond acceptors (Lipinski definition) is 4. The Morgan fingerprint density at radius 2 is 2.25 bits per heavy atom. The molecule has 0 saturated heterocycles. The van der Waals surface area contributed by atoms with Crippen LogP contribution < -0.4 is 0 Å². The summed E-state index contributed by atoms with van der Waals surface area (Å²) >= 11 is 5.05. The molecule has 0 bridgehead atoms. The van der Waals surface area contributed by atoms with Crippen LogP contribution in [-0.4, -0.2) is 19.8 Å². The predicted molar refractivity (Wildman–Crippen MR) is 66.5 cm³/mol. The molecule has 2 heterocycles. The lowest BCUT2D eigenvalue weighted by Crippen LogP contribution is -1.83. The van der Waals surface area contributed by atoms with Gasteiger partial charge in [0, 0.05) is 10.0 Å². The third-order valence-corrected chi connectivity index (χ3v) is 4.12. The Morgan fingerprint density at radius 3 is 3.00 bits per heavy atom. The zero-order valence-corrected chi connectivity index (χ0v) is 10.8. The molecule has 2 aromatic heterocycles. The van der Waals surface area contributed by atoms with Crippen molar-refractivity contribution in [2.24, 2.45) is 0 Å². The van der Waals surface area contributed by atoms with Gasteiger partial charge in [-0.05, 0) is 18.6 Å². The van der Waals surface area contributed by atoms with Crippen molar-refractivity contribution in [2.45, 2.75) is 6.92 Å².